The van der Waals surface area contributed by atoms with E-state index in [1.54, 1.807) is 0 Å². The SMILES string of the molecule is O=C(CC1CSCCS1)N1CCC(C(=O)O)(c2ccccc2)CC1. The van der Waals surface area contributed by atoms with Gasteiger partial charge in [0.1, 0.15) is 0 Å². The molecule has 1 aromatic rings. The van der Waals surface area contributed by atoms with Crippen molar-refractivity contribution >= 4 is 35.4 Å². The van der Waals surface area contributed by atoms with Crippen LogP contribution in [0.2, 0.25) is 0 Å². The Morgan fingerprint density at radius 3 is 2.46 bits per heavy atom. The average Bonchev–Trinajstić information content (AvgIpc) is 2.63. The minimum atomic E-state index is -0.854. The van der Waals surface area contributed by atoms with Gasteiger partial charge in [-0.1, -0.05) is 30.3 Å². The molecule has 0 aromatic heterocycles. The molecule has 2 aliphatic heterocycles. The smallest absolute Gasteiger partial charge is 0.314 e. The molecule has 0 saturated carbocycles. The van der Waals surface area contributed by atoms with Gasteiger partial charge in [0.05, 0.1) is 5.41 Å². The number of rotatable bonds is 4. The molecule has 2 fully saturated rings. The van der Waals surface area contributed by atoms with Gasteiger partial charge in [-0.15, -0.1) is 0 Å². The third-order valence-electron chi connectivity index (χ3n) is 4.99. The van der Waals surface area contributed by atoms with Crippen molar-refractivity contribution in [1.82, 2.24) is 4.90 Å². The van der Waals surface area contributed by atoms with Crippen molar-refractivity contribution in [1.29, 1.82) is 0 Å². The molecule has 6 heteroatoms. The van der Waals surface area contributed by atoms with Gasteiger partial charge in [0, 0.05) is 42.0 Å². The maximum absolute atomic E-state index is 12.5. The predicted octanol–water partition coefficient (Wildman–Crippen LogP) is 2.87. The van der Waals surface area contributed by atoms with E-state index in [9.17, 15) is 14.7 Å². The lowest BCUT2D eigenvalue weighted by Gasteiger charge is -2.39. The summed E-state index contributed by atoms with van der Waals surface area (Å²) in [6, 6.07) is 9.45. The van der Waals surface area contributed by atoms with Crippen LogP contribution in [0.25, 0.3) is 0 Å². The molecule has 0 bridgehead atoms. The monoisotopic (exact) mass is 365 g/mol. The molecule has 1 N–H and O–H groups in total. The third kappa shape index (κ3) is 3.75. The normalized spacial score (nSPS) is 23.7. The predicted molar refractivity (Wildman–Crippen MR) is 99.8 cm³/mol. The fourth-order valence-corrected chi connectivity index (χ4v) is 6.17. The number of carbonyl (C=O) groups excluding carboxylic acids is 1. The first-order valence-corrected chi connectivity index (χ1v) is 10.6. The lowest BCUT2D eigenvalue weighted by molar-refractivity contribution is -0.148. The third-order valence-corrected chi connectivity index (χ3v) is 7.84. The number of carboxylic acids is 1. The highest BCUT2D eigenvalue weighted by molar-refractivity contribution is 8.06. The number of likely N-dealkylation sites (tertiary alicyclic amines) is 1. The number of piperidine rings is 1. The second kappa shape index (κ2) is 7.83. The van der Waals surface area contributed by atoms with Crippen molar-refractivity contribution in [3.63, 3.8) is 0 Å². The Hall–Kier alpha value is -1.14. The fourth-order valence-electron chi connectivity index (χ4n) is 3.50. The average molecular weight is 366 g/mol. The topological polar surface area (TPSA) is 57.6 Å². The van der Waals surface area contributed by atoms with E-state index in [1.807, 2.05) is 58.8 Å². The van der Waals surface area contributed by atoms with Gasteiger partial charge in [0.2, 0.25) is 5.91 Å². The maximum Gasteiger partial charge on any atom is 0.314 e. The zero-order valence-electron chi connectivity index (χ0n) is 13.6. The van der Waals surface area contributed by atoms with Crippen molar-refractivity contribution in [3.8, 4) is 0 Å². The molecule has 0 aliphatic carbocycles. The molecular weight excluding hydrogens is 342 g/mol. The molecule has 1 unspecified atom stereocenters. The Morgan fingerprint density at radius 1 is 1.17 bits per heavy atom. The van der Waals surface area contributed by atoms with Crippen LogP contribution in [0.5, 0.6) is 0 Å². The van der Waals surface area contributed by atoms with Gasteiger partial charge in [-0.2, -0.15) is 23.5 Å². The molecule has 2 saturated heterocycles. The lowest BCUT2D eigenvalue weighted by atomic mass is 9.73. The minimum Gasteiger partial charge on any atom is -0.481 e. The van der Waals surface area contributed by atoms with Crippen LogP contribution in [-0.4, -0.2) is 57.5 Å². The van der Waals surface area contributed by atoms with Gasteiger partial charge in [0.15, 0.2) is 0 Å². The molecule has 4 nitrogen and oxygen atoms in total. The van der Waals surface area contributed by atoms with Crippen LogP contribution in [0.3, 0.4) is 0 Å². The highest BCUT2D eigenvalue weighted by Gasteiger charge is 2.43. The molecule has 24 heavy (non-hydrogen) atoms. The lowest BCUT2D eigenvalue weighted by Crippen LogP contribution is -2.49. The molecule has 3 rings (SSSR count). The van der Waals surface area contributed by atoms with Gasteiger partial charge < -0.3 is 10.0 Å². The molecule has 2 aliphatic rings. The Bertz CT molecular complexity index is 579. The van der Waals surface area contributed by atoms with Crippen molar-refractivity contribution < 1.29 is 14.7 Å². The number of nitrogens with zero attached hydrogens (tertiary/aromatic N) is 1. The van der Waals surface area contributed by atoms with Gasteiger partial charge in [-0.3, -0.25) is 9.59 Å². The maximum atomic E-state index is 12.5. The minimum absolute atomic E-state index is 0.182. The first-order chi connectivity index (χ1) is 11.6. The van der Waals surface area contributed by atoms with Crippen LogP contribution in [0.4, 0.5) is 0 Å². The first-order valence-electron chi connectivity index (χ1n) is 8.38. The van der Waals surface area contributed by atoms with Crippen LogP contribution in [0, 0.1) is 0 Å². The molecule has 0 radical (unpaired) electrons. The summed E-state index contributed by atoms with van der Waals surface area (Å²) in [5.74, 6) is 2.76. The number of hydrogen-bond donors (Lipinski definition) is 1. The first kappa shape index (κ1) is 17.7. The second-order valence-electron chi connectivity index (χ2n) is 6.41. The summed E-state index contributed by atoms with van der Waals surface area (Å²) in [6.45, 7) is 1.06. The van der Waals surface area contributed by atoms with Gasteiger partial charge >= 0.3 is 5.97 Å². The van der Waals surface area contributed by atoms with Crippen molar-refractivity contribution in [2.75, 3.05) is 30.3 Å². The molecule has 1 aromatic carbocycles. The number of hydrogen-bond acceptors (Lipinski definition) is 4. The van der Waals surface area contributed by atoms with Crippen molar-refractivity contribution in [3.05, 3.63) is 35.9 Å². The van der Waals surface area contributed by atoms with E-state index in [2.05, 4.69) is 0 Å². The molecule has 1 amide bonds. The molecule has 130 valence electrons. The Labute approximate surface area is 151 Å². The van der Waals surface area contributed by atoms with Crippen LogP contribution in [0.15, 0.2) is 30.3 Å². The van der Waals surface area contributed by atoms with E-state index in [4.69, 9.17) is 0 Å². The number of carbonyl (C=O) groups is 2. The summed E-state index contributed by atoms with van der Waals surface area (Å²) < 4.78 is 0. The number of aliphatic carboxylic acids is 1. The van der Waals surface area contributed by atoms with Crippen LogP contribution in [0.1, 0.15) is 24.8 Å². The number of thioether (sulfide) groups is 2. The highest BCUT2D eigenvalue weighted by Crippen LogP contribution is 2.36. The molecular formula is C18H23NO3S2. The number of amides is 1. The summed E-state index contributed by atoms with van der Waals surface area (Å²) in [4.78, 5) is 26.4. The standard InChI is InChI=1S/C18H23NO3S2/c20-16(12-15-13-23-10-11-24-15)19-8-6-18(7-9-19,17(21)22)14-4-2-1-3-5-14/h1-5,15H,6-13H2,(H,21,22). The molecule has 2 heterocycles. The summed E-state index contributed by atoms with van der Waals surface area (Å²) in [5, 5.41) is 10.2. The largest absolute Gasteiger partial charge is 0.481 e. The van der Waals surface area contributed by atoms with Gasteiger partial charge in [-0.25, -0.2) is 0 Å². The van der Waals surface area contributed by atoms with E-state index in [0.29, 0.717) is 37.6 Å². The van der Waals surface area contributed by atoms with Crippen molar-refractivity contribution in [2.45, 2.75) is 29.9 Å². The van der Waals surface area contributed by atoms with Crippen molar-refractivity contribution in [2.24, 2.45) is 0 Å². The number of benzene rings is 1. The Kier molecular flexibility index (Phi) is 5.76. The zero-order valence-corrected chi connectivity index (χ0v) is 15.3. The summed E-state index contributed by atoms with van der Waals surface area (Å²) in [6.07, 6.45) is 1.57. The van der Waals surface area contributed by atoms with Gasteiger partial charge in [-0.05, 0) is 18.4 Å². The highest BCUT2D eigenvalue weighted by atomic mass is 32.2. The van der Waals surface area contributed by atoms with E-state index in [0.717, 1.165) is 17.1 Å². The van der Waals surface area contributed by atoms with E-state index >= 15 is 0 Å². The summed E-state index contributed by atoms with van der Waals surface area (Å²) in [7, 11) is 0. The van der Waals surface area contributed by atoms with E-state index < -0.39 is 11.4 Å². The Morgan fingerprint density at radius 2 is 1.88 bits per heavy atom. The van der Waals surface area contributed by atoms with Crippen LogP contribution in [-0.2, 0) is 15.0 Å². The molecule has 0 spiro atoms. The quantitative estimate of drug-likeness (QED) is 0.889. The second-order valence-corrected chi connectivity index (χ2v) is 8.96. The van der Waals surface area contributed by atoms with Gasteiger partial charge in [0.25, 0.3) is 0 Å². The van der Waals surface area contributed by atoms with Crippen LogP contribution >= 0.6 is 23.5 Å². The Balaban J connectivity index is 1.63. The summed E-state index contributed by atoms with van der Waals surface area (Å²) >= 11 is 3.82. The van der Waals surface area contributed by atoms with E-state index in [-0.39, 0.29) is 5.91 Å². The molecule has 1 atom stereocenters. The summed E-state index contributed by atoms with van der Waals surface area (Å²) in [5.41, 5.74) is -0.00292. The fraction of sp³-hybridized carbons (Fsp3) is 0.556. The zero-order chi connectivity index (χ0) is 17.0. The van der Waals surface area contributed by atoms with Crippen LogP contribution < -0.4 is 0 Å². The van der Waals surface area contributed by atoms with E-state index in [1.165, 1.54) is 5.75 Å². The number of carboxylic acid groups (broad SMARTS) is 1.